The topological polar surface area (TPSA) is 103 Å². The van der Waals surface area contributed by atoms with E-state index in [9.17, 15) is 14.9 Å². The van der Waals surface area contributed by atoms with E-state index in [4.69, 9.17) is 11.6 Å². The molecular weight excluding hydrogens is 474 g/mol. The Morgan fingerprint density at radius 1 is 1.09 bits per heavy atom. The van der Waals surface area contributed by atoms with Gasteiger partial charge in [-0.1, -0.05) is 49.7 Å². The fourth-order valence-electron chi connectivity index (χ4n) is 3.65. The average Bonchev–Trinajstić information content (AvgIpc) is 3.40. The number of thiophene rings is 1. The van der Waals surface area contributed by atoms with E-state index >= 15 is 0 Å². The minimum atomic E-state index is -0.482. The average molecular weight is 492 g/mol. The molecule has 1 N–H and O–H groups in total. The van der Waals surface area contributed by atoms with Crippen LogP contribution in [0.2, 0.25) is 5.02 Å². The molecule has 0 aliphatic carbocycles. The Bertz CT molecular complexity index is 1570. The predicted octanol–water partition coefficient (Wildman–Crippen LogP) is 6.57. The smallest absolute Gasteiger partial charge is 0.287 e. The molecule has 0 saturated heterocycles. The highest BCUT2D eigenvalue weighted by molar-refractivity contribution is 7.22. The Kier molecular flexibility index (Phi) is 5.51. The number of fused-ring (bicyclic) bond motifs is 2. The van der Waals surface area contributed by atoms with E-state index in [0.717, 1.165) is 17.0 Å². The van der Waals surface area contributed by atoms with Gasteiger partial charge in [0.25, 0.3) is 11.6 Å². The molecule has 5 rings (SSSR count). The number of nitro benzene ring substituents is 1. The number of nitro groups is 1. The van der Waals surface area contributed by atoms with Crippen LogP contribution in [0.3, 0.4) is 0 Å². The second-order valence-electron chi connectivity index (χ2n) is 8.05. The number of carbonyl (C=O) groups is 1. The lowest BCUT2D eigenvalue weighted by molar-refractivity contribution is -0.382. The third-order valence-electron chi connectivity index (χ3n) is 5.47. The van der Waals surface area contributed by atoms with Crippen LogP contribution in [0.5, 0.6) is 0 Å². The second-order valence-corrected chi connectivity index (χ2v) is 9.45. The molecule has 0 atom stereocenters. The van der Waals surface area contributed by atoms with Crippen LogP contribution in [0, 0.1) is 10.1 Å². The Morgan fingerprint density at radius 2 is 1.82 bits per heavy atom. The third-order valence-corrected chi connectivity index (χ3v) is 7.20. The highest BCUT2D eigenvalue weighted by atomic mass is 35.5. The van der Waals surface area contributed by atoms with Gasteiger partial charge in [-0.15, -0.1) is 21.5 Å². The normalized spacial score (nSPS) is 11.4. The van der Waals surface area contributed by atoms with Crippen molar-refractivity contribution >= 4 is 61.3 Å². The number of non-ortho nitro benzene ring substituents is 1. The number of carbonyl (C=O) groups excluding carboxylic acids is 1. The summed E-state index contributed by atoms with van der Waals surface area (Å²) < 4.78 is 0.365. The first-order chi connectivity index (χ1) is 16.3. The molecule has 5 aromatic rings. The van der Waals surface area contributed by atoms with Crippen LogP contribution in [-0.2, 0) is 0 Å². The number of benzene rings is 3. The van der Waals surface area contributed by atoms with Crippen LogP contribution in [0.1, 0.15) is 35.0 Å². The third kappa shape index (κ3) is 3.89. The number of nitrogens with zero attached hydrogens (tertiary/aromatic N) is 4. The summed E-state index contributed by atoms with van der Waals surface area (Å²) in [5, 5.41) is 23.9. The quantitative estimate of drug-likeness (QED) is 0.221. The summed E-state index contributed by atoms with van der Waals surface area (Å²) in [5.74, 6) is -0.0121. The SMILES string of the molecule is CC(C)c1ccc(-n2nc3ccc(NC(=O)c4sc5c([N+](=O)[O-])cccc5c4Cl)cc3n2)cc1. The van der Waals surface area contributed by atoms with Crippen molar-refractivity contribution in [3.05, 3.63) is 86.2 Å². The fourth-order valence-corrected chi connectivity index (χ4v) is 5.14. The predicted molar refractivity (Wildman–Crippen MR) is 134 cm³/mol. The van der Waals surface area contributed by atoms with Gasteiger partial charge in [0.2, 0.25) is 0 Å². The molecule has 0 unspecified atom stereocenters. The number of rotatable bonds is 5. The Morgan fingerprint density at radius 3 is 2.53 bits per heavy atom. The molecule has 0 saturated carbocycles. The van der Waals surface area contributed by atoms with Crippen molar-refractivity contribution in [2.45, 2.75) is 19.8 Å². The van der Waals surface area contributed by atoms with Crippen LogP contribution in [0.4, 0.5) is 11.4 Å². The van der Waals surface area contributed by atoms with Crippen LogP contribution in [0.25, 0.3) is 26.8 Å². The number of hydrogen-bond donors (Lipinski definition) is 1. The van der Waals surface area contributed by atoms with Gasteiger partial charge < -0.3 is 5.32 Å². The molecule has 0 radical (unpaired) electrons. The zero-order valence-corrected chi connectivity index (χ0v) is 19.7. The van der Waals surface area contributed by atoms with Crippen molar-refractivity contribution in [2.24, 2.45) is 0 Å². The number of nitrogens with one attached hydrogen (secondary N) is 1. The molecule has 3 aromatic carbocycles. The van der Waals surface area contributed by atoms with E-state index in [2.05, 4.69) is 41.5 Å². The maximum absolute atomic E-state index is 12.9. The van der Waals surface area contributed by atoms with Crippen molar-refractivity contribution in [3.63, 3.8) is 0 Å². The molecule has 170 valence electrons. The van der Waals surface area contributed by atoms with Crippen molar-refractivity contribution in [1.82, 2.24) is 15.0 Å². The first kappa shape index (κ1) is 22.0. The van der Waals surface area contributed by atoms with Crippen LogP contribution in [-0.4, -0.2) is 25.8 Å². The summed E-state index contributed by atoms with van der Waals surface area (Å²) in [6.45, 7) is 4.27. The van der Waals surface area contributed by atoms with Crippen LogP contribution < -0.4 is 5.32 Å². The molecule has 0 spiro atoms. The summed E-state index contributed by atoms with van der Waals surface area (Å²) in [6.07, 6.45) is 0. The minimum Gasteiger partial charge on any atom is -0.321 e. The van der Waals surface area contributed by atoms with E-state index in [-0.39, 0.29) is 15.6 Å². The van der Waals surface area contributed by atoms with E-state index in [0.29, 0.717) is 32.7 Å². The number of aromatic nitrogens is 3. The van der Waals surface area contributed by atoms with Gasteiger partial charge in [0, 0.05) is 17.1 Å². The van der Waals surface area contributed by atoms with Gasteiger partial charge in [-0.25, -0.2) is 0 Å². The van der Waals surface area contributed by atoms with Gasteiger partial charge >= 0.3 is 0 Å². The lowest BCUT2D eigenvalue weighted by Gasteiger charge is -2.05. The molecule has 1 amide bonds. The molecular formula is C24H18ClN5O3S. The molecule has 0 aliphatic rings. The monoisotopic (exact) mass is 491 g/mol. The first-order valence-electron chi connectivity index (χ1n) is 10.5. The molecule has 8 nitrogen and oxygen atoms in total. The molecule has 0 fully saturated rings. The molecule has 2 heterocycles. The Balaban J connectivity index is 1.43. The van der Waals surface area contributed by atoms with Gasteiger partial charge in [-0.2, -0.15) is 4.80 Å². The molecule has 0 aliphatic heterocycles. The van der Waals surface area contributed by atoms with Crippen LogP contribution in [0.15, 0.2) is 60.7 Å². The lowest BCUT2D eigenvalue weighted by Crippen LogP contribution is -2.10. The summed E-state index contributed by atoms with van der Waals surface area (Å²) in [6, 6.07) is 17.9. The highest BCUT2D eigenvalue weighted by Gasteiger charge is 2.23. The summed E-state index contributed by atoms with van der Waals surface area (Å²) in [5.41, 5.74) is 3.80. The number of halogens is 1. The molecule has 10 heteroatoms. The maximum atomic E-state index is 12.9. The van der Waals surface area contributed by atoms with Gasteiger partial charge in [0.05, 0.1) is 15.6 Å². The molecule has 2 aromatic heterocycles. The van der Waals surface area contributed by atoms with Crippen molar-refractivity contribution in [1.29, 1.82) is 0 Å². The van der Waals surface area contributed by atoms with Gasteiger partial charge in [0.15, 0.2) is 0 Å². The molecule has 0 bridgehead atoms. The van der Waals surface area contributed by atoms with Crippen molar-refractivity contribution < 1.29 is 9.72 Å². The summed E-state index contributed by atoms with van der Waals surface area (Å²) in [7, 11) is 0. The van der Waals surface area contributed by atoms with Crippen molar-refractivity contribution in [2.75, 3.05) is 5.32 Å². The fraction of sp³-hybridized carbons (Fsp3) is 0.125. The number of amides is 1. The minimum absolute atomic E-state index is 0.0806. The van der Waals surface area contributed by atoms with Gasteiger partial charge in [0.1, 0.15) is 20.6 Å². The Labute approximate surface area is 202 Å². The molecule has 34 heavy (non-hydrogen) atoms. The van der Waals surface area contributed by atoms with Crippen molar-refractivity contribution in [3.8, 4) is 5.69 Å². The second kappa shape index (κ2) is 8.51. The lowest BCUT2D eigenvalue weighted by atomic mass is 10.0. The van der Waals surface area contributed by atoms with Gasteiger partial charge in [-0.3, -0.25) is 14.9 Å². The largest absolute Gasteiger partial charge is 0.321 e. The zero-order chi connectivity index (χ0) is 24.0. The summed E-state index contributed by atoms with van der Waals surface area (Å²) >= 11 is 7.39. The number of hydrogen-bond acceptors (Lipinski definition) is 6. The highest BCUT2D eigenvalue weighted by Crippen LogP contribution is 2.40. The van der Waals surface area contributed by atoms with E-state index in [1.165, 1.54) is 11.6 Å². The first-order valence-corrected chi connectivity index (χ1v) is 11.7. The maximum Gasteiger partial charge on any atom is 0.287 e. The zero-order valence-electron chi connectivity index (χ0n) is 18.2. The van der Waals surface area contributed by atoms with E-state index < -0.39 is 10.8 Å². The standard InChI is InChI=1S/C24H18ClN5O3S/c1-13(2)14-6-9-16(10-7-14)29-27-18-11-8-15(12-19(18)28-29)26-24(31)23-21(25)17-4-3-5-20(30(32)33)22(17)34-23/h3-13H,1-2H3,(H,26,31). The number of anilines is 1. The Hall–Kier alpha value is -3.82. The van der Waals surface area contributed by atoms with E-state index in [1.807, 2.05) is 12.1 Å². The van der Waals surface area contributed by atoms with Gasteiger partial charge in [-0.05, 0) is 41.8 Å². The van der Waals surface area contributed by atoms with E-state index in [1.54, 1.807) is 35.1 Å². The van der Waals surface area contributed by atoms with Crippen LogP contribution >= 0.6 is 22.9 Å². The summed E-state index contributed by atoms with van der Waals surface area (Å²) in [4.78, 5) is 25.5.